The number of carbonyl (C=O) groups is 4. The van der Waals surface area contributed by atoms with Gasteiger partial charge in [0.1, 0.15) is 22.7 Å². The molecule has 18 heteroatoms. The number of ether oxygens (including phenoxy) is 6. The number of hydrogen-bond acceptors (Lipinski definition) is 14. The predicted molar refractivity (Wildman–Crippen MR) is 470 cm³/mol. The highest BCUT2D eigenvalue weighted by Gasteiger charge is 2.54. The number of rotatable bonds is 22. The van der Waals surface area contributed by atoms with Crippen molar-refractivity contribution >= 4 is 95.8 Å². The molecular formula is C98H120Cl2N2O12Si2. The summed E-state index contributed by atoms with van der Waals surface area (Å²) in [4.78, 5) is 58.0. The molecule has 4 aliphatic carbocycles. The van der Waals surface area contributed by atoms with Crippen LogP contribution in [0.2, 0.25) is 20.1 Å². The van der Waals surface area contributed by atoms with Gasteiger partial charge in [0.25, 0.3) is 16.6 Å². The average molecular weight is 1650 g/mol. The molecule has 0 amide bonds. The predicted octanol–water partition coefficient (Wildman–Crippen LogP) is 18.8. The molecule has 6 aliphatic rings. The topological polar surface area (TPSA) is 149 Å². The summed E-state index contributed by atoms with van der Waals surface area (Å²) in [6, 6.07) is 68.1. The van der Waals surface area contributed by atoms with Crippen LogP contribution in [0.15, 0.2) is 194 Å². The molecule has 14 nitrogen and oxygen atoms in total. The standard InChI is InChI=1S/2C49H60ClNO6Si/c2*1-47(2,3)57-45(52)29-41(46(53)54-7)34-22-25-44-43(28-34)51(32-49(33-55-44)26-14-15-35-27-38(50)23-24-42(35)49)30-36-20-21-37(36)31-56-58(48(4,5)6,39-16-10-8-11-17-39)40-18-12-9-13-19-40/h2*8-13,16-19,22-25,27-28,36-37,41H,14-15,20-21,26,29-33H2,1-7H3/t36-,37-,41+,49-;36-,37-,41-,49-/m00/s1. The first-order chi connectivity index (χ1) is 55.2. The Hall–Kier alpha value is -8.23. The smallest absolute Gasteiger partial charge is 0.313 e. The maximum absolute atomic E-state index is 13.3. The fourth-order valence-corrected chi connectivity index (χ4v) is 29.1. The van der Waals surface area contributed by atoms with Crippen molar-refractivity contribution in [2.24, 2.45) is 23.7 Å². The lowest BCUT2D eigenvalue weighted by molar-refractivity contribution is -0.159. The van der Waals surface area contributed by atoms with E-state index < -0.39 is 63.5 Å². The third kappa shape index (κ3) is 18.6. The number of esters is 4. The fraction of sp³-hybridized carbons (Fsp3) is 0.469. The van der Waals surface area contributed by atoms with Crippen LogP contribution in [0.3, 0.4) is 0 Å². The van der Waals surface area contributed by atoms with Crippen LogP contribution in [0.4, 0.5) is 11.4 Å². The summed E-state index contributed by atoms with van der Waals surface area (Å²) < 4.78 is 50.5. The molecule has 0 N–H and O–H groups in total. The van der Waals surface area contributed by atoms with E-state index in [1.54, 1.807) is 0 Å². The number of halogens is 2. The first-order valence-electron chi connectivity index (χ1n) is 42.0. The fourth-order valence-electron chi connectivity index (χ4n) is 19.5. The quantitative estimate of drug-likeness (QED) is 0.0360. The molecule has 116 heavy (non-hydrogen) atoms. The molecule has 616 valence electrons. The molecule has 0 unspecified atom stereocenters. The van der Waals surface area contributed by atoms with E-state index in [1.165, 1.54) is 57.2 Å². The largest absolute Gasteiger partial charge is 0.490 e. The Bertz CT molecular complexity index is 4380. The van der Waals surface area contributed by atoms with Crippen molar-refractivity contribution in [2.75, 3.05) is 76.6 Å². The number of fused-ring (bicyclic) bond motifs is 6. The lowest BCUT2D eigenvalue weighted by Crippen LogP contribution is -2.67. The second kappa shape index (κ2) is 35.4. The van der Waals surface area contributed by atoms with Crippen molar-refractivity contribution in [3.63, 3.8) is 0 Å². The van der Waals surface area contributed by atoms with Gasteiger partial charge in [0, 0.05) is 60.3 Å². The van der Waals surface area contributed by atoms with Crippen LogP contribution < -0.4 is 40.0 Å². The third-order valence-electron chi connectivity index (χ3n) is 25.4. The van der Waals surface area contributed by atoms with Gasteiger partial charge in [-0.3, -0.25) is 19.2 Å². The first-order valence-corrected chi connectivity index (χ1v) is 46.5. The lowest BCUT2D eigenvalue weighted by atomic mass is 9.69. The zero-order valence-corrected chi connectivity index (χ0v) is 74.1. The molecule has 0 bridgehead atoms. The zero-order valence-electron chi connectivity index (χ0n) is 70.6. The Morgan fingerprint density at radius 3 is 1.09 bits per heavy atom. The van der Waals surface area contributed by atoms with Crippen LogP contribution in [0.25, 0.3) is 0 Å². The van der Waals surface area contributed by atoms with Gasteiger partial charge in [0.15, 0.2) is 0 Å². The van der Waals surface area contributed by atoms with Crippen LogP contribution in [-0.4, -0.2) is 119 Å². The molecule has 0 radical (unpaired) electrons. The zero-order chi connectivity index (χ0) is 82.6. The summed E-state index contributed by atoms with van der Waals surface area (Å²) in [7, 11) is -2.68. The SMILES string of the molecule is COC(=O)[C@@H](CC(=O)OC(C)(C)C)c1ccc2c(c1)N(C[C@@H]1CC[C@H]1CO[Si](c1ccccc1)(c1ccccc1)C(C)(C)C)C[C@@]1(CCCc3cc(Cl)ccc31)CO2.COC(=O)[C@H](CC(=O)OC(C)(C)C)c1ccc2c(c1)N(C[C@@H]1CC[C@H]1CO[Si](c1ccccc1)(c1ccccc1)C(C)(C)C)C[C@@]1(CCCc3cc(Cl)ccc31)CO2. The van der Waals surface area contributed by atoms with E-state index >= 15 is 0 Å². The number of hydrogen-bond donors (Lipinski definition) is 0. The summed E-state index contributed by atoms with van der Waals surface area (Å²) >= 11 is 13.1. The molecule has 8 atom stereocenters. The van der Waals surface area contributed by atoms with Gasteiger partial charge in [-0.25, -0.2) is 0 Å². The van der Waals surface area contributed by atoms with Crippen LogP contribution in [-0.2, 0) is 70.6 Å². The molecule has 8 aromatic rings. The van der Waals surface area contributed by atoms with Crippen LogP contribution in [0.1, 0.15) is 193 Å². The minimum atomic E-state index is -2.71. The lowest BCUT2D eigenvalue weighted by Gasteiger charge is -2.47. The van der Waals surface area contributed by atoms with E-state index in [0.717, 1.165) is 123 Å². The monoisotopic (exact) mass is 1640 g/mol. The van der Waals surface area contributed by atoms with Crippen molar-refractivity contribution in [1.82, 2.24) is 0 Å². The summed E-state index contributed by atoms with van der Waals surface area (Å²) in [5.41, 5.74) is 6.62. The third-order valence-corrected chi connectivity index (χ3v) is 35.9. The van der Waals surface area contributed by atoms with Crippen LogP contribution >= 0.6 is 23.2 Å². The van der Waals surface area contributed by atoms with Gasteiger partial charge >= 0.3 is 23.9 Å². The number of nitrogens with zero attached hydrogens (tertiary/aromatic N) is 2. The Morgan fingerprint density at radius 2 is 0.784 bits per heavy atom. The summed E-state index contributed by atoms with van der Waals surface area (Å²) in [6.07, 6.45) is 10.2. The van der Waals surface area contributed by atoms with Gasteiger partial charge in [0.2, 0.25) is 0 Å². The van der Waals surface area contributed by atoms with E-state index in [2.05, 4.69) is 209 Å². The maximum atomic E-state index is 13.3. The summed E-state index contributed by atoms with van der Waals surface area (Å²) in [5, 5.41) is 6.47. The van der Waals surface area contributed by atoms with Gasteiger partial charge in [0.05, 0.1) is 63.5 Å². The molecule has 8 aromatic carbocycles. The number of benzene rings is 8. The normalized spacial score (nSPS) is 21.1. The minimum absolute atomic E-state index is 0.106. The maximum Gasteiger partial charge on any atom is 0.313 e. The number of carbonyl (C=O) groups excluding carboxylic acids is 4. The Labute approximate surface area is 701 Å². The van der Waals surface area contributed by atoms with E-state index in [0.29, 0.717) is 61.2 Å². The Morgan fingerprint density at radius 1 is 0.448 bits per heavy atom. The van der Waals surface area contributed by atoms with E-state index in [9.17, 15) is 19.2 Å². The minimum Gasteiger partial charge on any atom is -0.490 e. The second-order valence-electron chi connectivity index (χ2n) is 37.5. The van der Waals surface area contributed by atoms with Crippen molar-refractivity contribution < 1.29 is 56.5 Å². The van der Waals surface area contributed by atoms with Crippen LogP contribution in [0, 0.1) is 23.7 Å². The highest BCUT2D eigenvalue weighted by Crippen LogP contribution is 2.51. The molecule has 2 spiro atoms. The highest BCUT2D eigenvalue weighted by molar-refractivity contribution is 7.00. The number of aryl methyl sites for hydroxylation is 2. The van der Waals surface area contributed by atoms with Gasteiger partial charge in [-0.05, 0) is 242 Å². The van der Waals surface area contributed by atoms with Crippen LogP contribution in [0.5, 0.6) is 11.5 Å². The van der Waals surface area contributed by atoms with E-state index in [1.807, 2.05) is 77.9 Å². The van der Waals surface area contributed by atoms with E-state index in [4.69, 9.17) is 60.5 Å². The molecule has 2 fully saturated rings. The average Bonchev–Trinajstić information content (AvgIpc) is 0.862. The highest BCUT2D eigenvalue weighted by atomic mass is 35.5. The molecule has 2 aliphatic heterocycles. The first kappa shape index (κ1) is 85.6. The molecular weight excluding hydrogens is 1520 g/mol. The molecule has 0 aromatic heterocycles. The molecule has 2 saturated carbocycles. The van der Waals surface area contributed by atoms with Crippen molar-refractivity contribution in [3.05, 3.63) is 238 Å². The molecule has 0 saturated heterocycles. The van der Waals surface area contributed by atoms with Crippen molar-refractivity contribution in [1.29, 1.82) is 0 Å². The second-order valence-corrected chi connectivity index (χ2v) is 47.0. The van der Waals surface area contributed by atoms with E-state index in [-0.39, 0.29) is 33.7 Å². The number of anilines is 2. The Kier molecular flexibility index (Phi) is 26.1. The van der Waals surface area contributed by atoms with Crippen molar-refractivity contribution in [3.8, 4) is 11.5 Å². The van der Waals surface area contributed by atoms with Crippen molar-refractivity contribution in [2.45, 2.75) is 204 Å². The molecule has 14 rings (SSSR count). The summed E-state index contributed by atoms with van der Waals surface area (Å²) in [6.45, 7) is 30.6. The molecule has 2 heterocycles. The van der Waals surface area contributed by atoms with Gasteiger partial charge in [-0.1, -0.05) is 210 Å². The van der Waals surface area contributed by atoms with Gasteiger partial charge in [-0.2, -0.15) is 0 Å². The van der Waals surface area contributed by atoms with Gasteiger partial charge < -0.3 is 47.1 Å². The van der Waals surface area contributed by atoms with Gasteiger partial charge in [-0.15, -0.1) is 0 Å². The Balaban J connectivity index is 0.000000202. The number of methoxy groups -OCH3 is 2. The summed E-state index contributed by atoms with van der Waals surface area (Å²) in [5.74, 6) is -0.391.